The number of nitrogens with two attached hydrogens (primary N) is 1. The number of phenols is 1. The van der Waals surface area contributed by atoms with E-state index in [9.17, 15) is 39.3 Å². The number of aliphatic carboxylic acids is 2. The Morgan fingerprint density at radius 2 is 1.49 bits per heavy atom. The molecule has 206 valence electrons. The quantitative estimate of drug-likeness (QED) is 0.124. The fourth-order valence-electron chi connectivity index (χ4n) is 3.19. The second-order valence-corrected chi connectivity index (χ2v) is 9.36. The molecular weight excluding hydrogens is 508 g/mol. The first-order valence-electron chi connectivity index (χ1n) is 11.4. The molecule has 0 heterocycles. The van der Waals surface area contributed by atoms with Gasteiger partial charge in [-0.15, -0.1) is 0 Å². The lowest BCUT2D eigenvalue weighted by atomic mass is 10.0. The van der Waals surface area contributed by atoms with Gasteiger partial charge in [-0.2, -0.15) is 11.8 Å². The minimum absolute atomic E-state index is 0.00984. The summed E-state index contributed by atoms with van der Waals surface area (Å²) in [5, 5.41) is 44.5. The van der Waals surface area contributed by atoms with Crippen LogP contribution in [0.15, 0.2) is 24.3 Å². The van der Waals surface area contributed by atoms with Crippen molar-refractivity contribution in [2.45, 2.75) is 62.9 Å². The van der Waals surface area contributed by atoms with Crippen LogP contribution in [0.1, 0.15) is 31.7 Å². The lowest BCUT2D eigenvalue weighted by molar-refractivity contribution is -0.145. The predicted molar refractivity (Wildman–Crippen MR) is 135 cm³/mol. The second-order valence-electron chi connectivity index (χ2n) is 8.38. The van der Waals surface area contributed by atoms with Crippen LogP contribution in [0.4, 0.5) is 0 Å². The number of thioether (sulfide) groups is 1. The normalized spacial score (nSPS) is 14.9. The Morgan fingerprint density at radius 3 is 2.00 bits per heavy atom. The minimum Gasteiger partial charge on any atom is -0.508 e. The van der Waals surface area contributed by atoms with E-state index in [1.54, 1.807) is 6.26 Å². The molecule has 9 N–H and O–H groups in total. The third-order valence-electron chi connectivity index (χ3n) is 5.30. The van der Waals surface area contributed by atoms with E-state index in [0.29, 0.717) is 11.3 Å². The van der Waals surface area contributed by atoms with Crippen molar-refractivity contribution in [2.75, 3.05) is 12.0 Å². The molecule has 0 bridgehead atoms. The first kappa shape index (κ1) is 31.7. The van der Waals surface area contributed by atoms with E-state index in [1.165, 1.54) is 43.0 Å². The van der Waals surface area contributed by atoms with E-state index in [1.807, 2.05) is 0 Å². The molecule has 0 saturated carbocycles. The maximum atomic E-state index is 13.2. The first-order valence-corrected chi connectivity index (χ1v) is 12.8. The summed E-state index contributed by atoms with van der Waals surface area (Å²) < 4.78 is 0. The third-order valence-corrected chi connectivity index (χ3v) is 5.95. The van der Waals surface area contributed by atoms with Gasteiger partial charge in [0.15, 0.2) is 6.04 Å². The van der Waals surface area contributed by atoms with Gasteiger partial charge in [0.2, 0.25) is 17.7 Å². The number of hydrogen-bond acceptors (Lipinski definition) is 9. The predicted octanol–water partition coefficient (Wildman–Crippen LogP) is -1.20. The molecule has 1 aromatic rings. The van der Waals surface area contributed by atoms with Crippen LogP contribution < -0.4 is 21.7 Å². The fourth-order valence-corrected chi connectivity index (χ4v) is 3.66. The SMILES string of the molecule is CSCCC(NC(=O)C(Cc1ccc(O)cc1)NC(=O)C(N)CCC(=O)O)C(=O)NC(C(=O)O)C(C)O. The molecule has 0 aliphatic carbocycles. The smallest absolute Gasteiger partial charge is 0.328 e. The molecule has 0 aromatic heterocycles. The molecule has 5 atom stereocenters. The number of aliphatic hydroxyl groups excluding tert-OH is 1. The molecule has 0 aliphatic heterocycles. The molecule has 0 fully saturated rings. The summed E-state index contributed by atoms with van der Waals surface area (Å²) in [5.41, 5.74) is 6.33. The Balaban J connectivity index is 3.11. The Labute approximate surface area is 218 Å². The van der Waals surface area contributed by atoms with Gasteiger partial charge in [0.05, 0.1) is 12.1 Å². The van der Waals surface area contributed by atoms with Crippen LogP contribution in [-0.4, -0.2) is 92.4 Å². The summed E-state index contributed by atoms with van der Waals surface area (Å²) in [6, 6.07) is 0.632. The van der Waals surface area contributed by atoms with Gasteiger partial charge < -0.3 is 42.1 Å². The standard InChI is InChI=1S/C23H34N4O9S/c1-12(28)19(23(35)36)27-21(33)16(9-10-37-2)25-22(34)17(11-13-3-5-14(29)6-4-13)26-20(32)15(24)7-8-18(30)31/h3-6,12,15-17,19,28-29H,7-11,24H2,1-2H3,(H,25,34)(H,26,32)(H,27,33)(H,30,31)(H,35,36). The molecule has 13 nitrogen and oxygen atoms in total. The molecule has 0 aliphatic rings. The maximum Gasteiger partial charge on any atom is 0.328 e. The lowest BCUT2D eigenvalue weighted by Gasteiger charge is -2.26. The van der Waals surface area contributed by atoms with Crippen molar-refractivity contribution in [1.82, 2.24) is 16.0 Å². The number of phenolic OH excluding ortho intramolecular Hbond substituents is 1. The van der Waals surface area contributed by atoms with Crippen molar-refractivity contribution in [1.29, 1.82) is 0 Å². The first-order chi connectivity index (χ1) is 17.3. The van der Waals surface area contributed by atoms with Gasteiger partial charge in [-0.1, -0.05) is 12.1 Å². The highest BCUT2D eigenvalue weighted by molar-refractivity contribution is 7.98. The van der Waals surface area contributed by atoms with E-state index in [4.69, 9.17) is 10.8 Å². The molecule has 5 unspecified atom stereocenters. The average molecular weight is 543 g/mol. The number of carboxylic acids is 2. The Kier molecular flexibility index (Phi) is 13.4. The maximum absolute atomic E-state index is 13.2. The zero-order valence-electron chi connectivity index (χ0n) is 20.5. The number of carbonyl (C=O) groups excluding carboxylic acids is 3. The molecule has 0 saturated heterocycles. The van der Waals surface area contributed by atoms with E-state index in [0.717, 1.165) is 0 Å². The average Bonchev–Trinajstić information content (AvgIpc) is 2.83. The van der Waals surface area contributed by atoms with Gasteiger partial charge in [-0.25, -0.2) is 4.79 Å². The van der Waals surface area contributed by atoms with Gasteiger partial charge in [-0.3, -0.25) is 19.2 Å². The van der Waals surface area contributed by atoms with Gasteiger partial charge in [0.25, 0.3) is 0 Å². The van der Waals surface area contributed by atoms with Crippen LogP contribution in [0.3, 0.4) is 0 Å². The zero-order valence-corrected chi connectivity index (χ0v) is 21.4. The minimum atomic E-state index is -1.60. The Hall–Kier alpha value is -3.36. The third kappa shape index (κ3) is 11.5. The van der Waals surface area contributed by atoms with Crippen molar-refractivity contribution in [3.63, 3.8) is 0 Å². The van der Waals surface area contributed by atoms with Gasteiger partial charge >= 0.3 is 11.9 Å². The fraction of sp³-hybridized carbons (Fsp3) is 0.522. The number of aromatic hydroxyl groups is 1. The summed E-state index contributed by atoms with van der Waals surface area (Å²) in [4.78, 5) is 60.8. The molecular formula is C23H34N4O9S. The van der Waals surface area contributed by atoms with Crippen LogP contribution in [0, 0.1) is 0 Å². The van der Waals surface area contributed by atoms with Crippen LogP contribution in [0.2, 0.25) is 0 Å². The topological polar surface area (TPSA) is 228 Å². The summed E-state index contributed by atoms with van der Waals surface area (Å²) in [6.07, 6.45) is -0.0574. The molecule has 0 radical (unpaired) electrons. The highest BCUT2D eigenvalue weighted by Crippen LogP contribution is 2.12. The number of aliphatic hydroxyl groups is 1. The summed E-state index contributed by atoms with van der Waals surface area (Å²) >= 11 is 1.39. The van der Waals surface area contributed by atoms with Crippen LogP contribution in [0.25, 0.3) is 0 Å². The van der Waals surface area contributed by atoms with Crippen molar-refractivity contribution in [3.8, 4) is 5.75 Å². The highest BCUT2D eigenvalue weighted by atomic mass is 32.2. The number of carboxylic acid groups (broad SMARTS) is 2. The van der Waals surface area contributed by atoms with Crippen molar-refractivity contribution in [3.05, 3.63) is 29.8 Å². The molecule has 1 aromatic carbocycles. The van der Waals surface area contributed by atoms with E-state index < -0.39 is 59.9 Å². The van der Waals surface area contributed by atoms with E-state index >= 15 is 0 Å². The van der Waals surface area contributed by atoms with Gasteiger partial charge in [0.1, 0.15) is 17.8 Å². The zero-order chi connectivity index (χ0) is 28.1. The van der Waals surface area contributed by atoms with Gasteiger partial charge in [-0.05, 0) is 49.5 Å². The largest absolute Gasteiger partial charge is 0.508 e. The van der Waals surface area contributed by atoms with Crippen molar-refractivity contribution in [2.24, 2.45) is 5.73 Å². The number of benzene rings is 1. The summed E-state index contributed by atoms with van der Waals surface area (Å²) in [5.74, 6) is -4.54. The highest BCUT2D eigenvalue weighted by Gasteiger charge is 2.32. The van der Waals surface area contributed by atoms with E-state index in [-0.39, 0.29) is 31.4 Å². The lowest BCUT2D eigenvalue weighted by Crippen LogP contribution is -2.58. The molecule has 14 heteroatoms. The number of amides is 3. The number of nitrogens with one attached hydrogen (secondary N) is 3. The molecule has 0 spiro atoms. The number of carbonyl (C=O) groups is 5. The van der Waals surface area contributed by atoms with Crippen LogP contribution in [-0.2, 0) is 30.4 Å². The number of rotatable bonds is 16. The van der Waals surface area contributed by atoms with Gasteiger partial charge in [0, 0.05) is 12.8 Å². The van der Waals surface area contributed by atoms with Crippen LogP contribution >= 0.6 is 11.8 Å². The number of hydrogen-bond donors (Lipinski definition) is 8. The van der Waals surface area contributed by atoms with Crippen molar-refractivity contribution < 1.29 is 44.4 Å². The molecule has 1 rings (SSSR count). The molecule has 3 amide bonds. The monoisotopic (exact) mass is 542 g/mol. The Morgan fingerprint density at radius 1 is 0.919 bits per heavy atom. The van der Waals surface area contributed by atoms with Crippen molar-refractivity contribution >= 4 is 41.4 Å². The summed E-state index contributed by atoms with van der Waals surface area (Å²) in [6.45, 7) is 1.20. The van der Waals surface area contributed by atoms with E-state index in [2.05, 4.69) is 16.0 Å². The summed E-state index contributed by atoms with van der Waals surface area (Å²) in [7, 11) is 0. The molecule has 37 heavy (non-hydrogen) atoms. The Bertz CT molecular complexity index is 943. The second kappa shape index (κ2) is 15.7. The van der Waals surface area contributed by atoms with Crippen LogP contribution in [0.5, 0.6) is 5.75 Å².